The molecule has 6 nitrogen and oxygen atoms in total. The van der Waals surface area contributed by atoms with Crippen molar-refractivity contribution in [3.63, 3.8) is 0 Å². The van der Waals surface area contributed by atoms with Crippen LogP contribution in [0.15, 0.2) is 36.5 Å². The Kier molecular flexibility index (Phi) is 4.42. The maximum Gasteiger partial charge on any atom is 0.337 e. The third-order valence-electron chi connectivity index (χ3n) is 5.16. The quantitative estimate of drug-likeness (QED) is 0.735. The lowest BCUT2D eigenvalue weighted by molar-refractivity contribution is 0.0699. The Hall–Kier alpha value is -2.73. The molecule has 1 atom stereocenters. The summed E-state index contributed by atoms with van der Waals surface area (Å²) in [5.74, 6) is -0.162. The van der Waals surface area contributed by atoms with E-state index in [-0.39, 0.29) is 11.6 Å². The van der Waals surface area contributed by atoms with E-state index >= 15 is 0 Å². The Morgan fingerprint density at radius 2 is 2.23 bits per heavy atom. The predicted molar refractivity (Wildman–Crippen MR) is 99.1 cm³/mol. The molecule has 0 bridgehead atoms. The maximum atomic E-state index is 11.4. The Morgan fingerprint density at radius 3 is 3.04 bits per heavy atom. The standard InChI is InChI=1S/C20H22N4O2/c1-2-24(16-10-3-6-13-7-5-11-21-18(13)16)12-17-22-15-9-4-8-14(20(25)26)19(15)23-17/h4-5,7-9,11,16H,2-3,6,10,12H2,1H3,(H,22,23)(H,25,26). The molecular weight excluding hydrogens is 328 g/mol. The molecule has 0 radical (unpaired) electrons. The van der Waals surface area contributed by atoms with Gasteiger partial charge in [0.05, 0.1) is 29.4 Å². The first kappa shape index (κ1) is 16.7. The number of rotatable bonds is 5. The number of imidazole rings is 1. The normalized spacial score (nSPS) is 16.8. The van der Waals surface area contributed by atoms with Crippen LogP contribution in [-0.2, 0) is 13.0 Å². The Labute approximate surface area is 151 Å². The van der Waals surface area contributed by atoms with Gasteiger partial charge in [0.2, 0.25) is 0 Å². The van der Waals surface area contributed by atoms with Crippen molar-refractivity contribution in [2.45, 2.75) is 38.8 Å². The maximum absolute atomic E-state index is 11.4. The zero-order chi connectivity index (χ0) is 18.1. The number of hydrogen-bond acceptors (Lipinski definition) is 4. The zero-order valence-corrected chi connectivity index (χ0v) is 14.8. The Bertz CT molecular complexity index is 950. The average Bonchev–Trinajstić information content (AvgIpc) is 3.08. The van der Waals surface area contributed by atoms with Crippen LogP contribution >= 0.6 is 0 Å². The first-order valence-electron chi connectivity index (χ1n) is 9.06. The van der Waals surface area contributed by atoms with Crippen molar-refractivity contribution in [2.75, 3.05) is 6.54 Å². The van der Waals surface area contributed by atoms with Gasteiger partial charge in [-0.15, -0.1) is 0 Å². The van der Waals surface area contributed by atoms with Gasteiger partial charge in [-0.2, -0.15) is 0 Å². The number of aryl methyl sites for hydroxylation is 1. The number of aromatic carboxylic acids is 1. The van der Waals surface area contributed by atoms with E-state index in [4.69, 9.17) is 0 Å². The van der Waals surface area contributed by atoms with E-state index in [2.05, 4.69) is 32.8 Å². The molecular formula is C20H22N4O2. The zero-order valence-electron chi connectivity index (χ0n) is 14.8. The summed E-state index contributed by atoms with van der Waals surface area (Å²) in [5.41, 5.74) is 4.02. The van der Waals surface area contributed by atoms with Crippen LogP contribution in [-0.4, -0.2) is 37.5 Å². The molecule has 1 aliphatic rings. The van der Waals surface area contributed by atoms with Gasteiger partial charge in [-0.3, -0.25) is 9.88 Å². The number of para-hydroxylation sites is 1. The minimum absolute atomic E-state index is 0.234. The highest BCUT2D eigenvalue weighted by Crippen LogP contribution is 2.33. The number of nitrogens with one attached hydrogen (secondary N) is 1. The van der Waals surface area contributed by atoms with Crippen LogP contribution in [0.4, 0.5) is 0 Å². The summed E-state index contributed by atoms with van der Waals surface area (Å²) >= 11 is 0. The average molecular weight is 350 g/mol. The Balaban J connectivity index is 1.65. The number of benzene rings is 1. The number of aromatic nitrogens is 3. The molecule has 0 fully saturated rings. The fourth-order valence-electron chi connectivity index (χ4n) is 3.91. The Morgan fingerprint density at radius 1 is 1.35 bits per heavy atom. The number of nitrogens with zero attached hydrogens (tertiary/aromatic N) is 3. The second-order valence-corrected chi connectivity index (χ2v) is 6.71. The van der Waals surface area contributed by atoms with E-state index in [1.54, 1.807) is 12.1 Å². The van der Waals surface area contributed by atoms with Crippen LogP contribution in [0.5, 0.6) is 0 Å². The fourth-order valence-corrected chi connectivity index (χ4v) is 3.91. The largest absolute Gasteiger partial charge is 0.478 e. The van der Waals surface area contributed by atoms with E-state index in [1.165, 1.54) is 11.3 Å². The molecule has 1 aromatic carbocycles. The molecule has 6 heteroatoms. The molecule has 2 heterocycles. The van der Waals surface area contributed by atoms with Crippen molar-refractivity contribution in [3.05, 3.63) is 59.2 Å². The third kappa shape index (κ3) is 2.97. The van der Waals surface area contributed by atoms with Gasteiger partial charge in [0.25, 0.3) is 0 Å². The number of pyridine rings is 1. The SMILES string of the molecule is CCN(Cc1nc2c(C(=O)O)cccc2[nH]1)C1CCCc2cccnc21. The second kappa shape index (κ2) is 6.88. The summed E-state index contributed by atoms with van der Waals surface area (Å²) in [6.45, 7) is 3.66. The molecule has 0 spiro atoms. The summed E-state index contributed by atoms with van der Waals surface area (Å²) in [5, 5.41) is 9.36. The minimum Gasteiger partial charge on any atom is -0.478 e. The highest BCUT2D eigenvalue weighted by Gasteiger charge is 2.27. The molecule has 0 saturated carbocycles. The van der Waals surface area contributed by atoms with Crippen molar-refractivity contribution in [1.82, 2.24) is 19.9 Å². The van der Waals surface area contributed by atoms with Gasteiger partial charge in [0.15, 0.2) is 0 Å². The summed E-state index contributed by atoms with van der Waals surface area (Å²) in [4.78, 5) is 26.3. The first-order chi connectivity index (χ1) is 12.7. The summed E-state index contributed by atoms with van der Waals surface area (Å²) in [6, 6.07) is 9.65. The monoisotopic (exact) mass is 350 g/mol. The number of carbonyl (C=O) groups is 1. The predicted octanol–water partition coefficient (Wildman–Crippen LogP) is 3.56. The lowest BCUT2D eigenvalue weighted by Crippen LogP contribution is -2.32. The van der Waals surface area contributed by atoms with E-state index in [0.29, 0.717) is 12.1 Å². The van der Waals surface area contributed by atoms with E-state index in [0.717, 1.165) is 37.1 Å². The van der Waals surface area contributed by atoms with Gasteiger partial charge in [-0.05, 0) is 49.6 Å². The fraction of sp³-hybridized carbons (Fsp3) is 0.350. The van der Waals surface area contributed by atoms with Crippen molar-refractivity contribution in [2.24, 2.45) is 0 Å². The molecule has 0 amide bonds. The van der Waals surface area contributed by atoms with Gasteiger partial charge >= 0.3 is 5.97 Å². The number of hydrogen-bond donors (Lipinski definition) is 2. The summed E-state index contributed by atoms with van der Waals surface area (Å²) in [7, 11) is 0. The lowest BCUT2D eigenvalue weighted by Gasteiger charge is -2.33. The summed E-state index contributed by atoms with van der Waals surface area (Å²) < 4.78 is 0. The molecule has 0 saturated heterocycles. The van der Waals surface area contributed by atoms with Gasteiger partial charge in [-0.25, -0.2) is 9.78 Å². The molecule has 0 aliphatic heterocycles. The van der Waals surface area contributed by atoms with Crippen LogP contribution in [0, 0.1) is 0 Å². The molecule has 134 valence electrons. The van der Waals surface area contributed by atoms with E-state index < -0.39 is 5.97 Å². The van der Waals surface area contributed by atoms with E-state index in [1.807, 2.05) is 18.3 Å². The number of aromatic amines is 1. The van der Waals surface area contributed by atoms with Crippen LogP contribution in [0.1, 0.15) is 53.2 Å². The van der Waals surface area contributed by atoms with Crippen LogP contribution in [0.2, 0.25) is 0 Å². The molecule has 26 heavy (non-hydrogen) atoms. The number of carboxylic acid groups (broad SMARTS) is 1. The smallest absolute Gasteiger partial charge is 0.337 e. The van der Waals surface area contributed by atoms with E-state index in [9.17, 15) is 9.90 Å². The van der Waals surface area contributed by atoms with Crippen molar-refractivity contribution in [1.29, 1.82) is 0 Å². The van der Waals surface area contributed by atoms with Crippen molar-refractivity contribution < 1.29 is 9.90 Å². The van der Waals surface area contributed by atoms with Crippen molar-refractivity contribution in [3.8, 4) is 0 Å². The van der Waals surface area contributed by atoms with Gasteiger partial charge in [0, 0.05) is 6.20 Å². The number of carboxylic acids is 1. The molecule has 2 aromatic heterocycles. The van der Waals surface area contributed by atoms with Gasteiger partial charge in [0.1, 0.15) is 11.3 Å². The number of fused-ring (bicyclic) bond motifs is 2. The highest BCUT2D eigenvalue weighted by molar-refractivity contribution is 6.00. The molecule has 1 aliphatic carbocycles. The topological polar surface area (TPSA) is 82.1 Å². The molecule has 4 rings (SSSR count). The van der Waals surface area contributed by atoms with Crippen LogP contribution in [0.25, 0.3) is 11.0 Å². The molecule has 1 unspecified atom stereocenters. The van der Waals surface area contributed by atoms with Gasteiger partial charge < -0.3 is 10.1 Å². The van der Waals surface area contributed by atoms with Crippen LogP contribution < -0.4 is 0 Å². The summed E-state index contributed by atoms with van der Waals surface area (Å²) in [6.07, 6.45) is 5.19. The second-order valence-electron chi connectivity index (χ2n) is 6.71. The number of H-pyrrole nitrogens is 1. The minimum atomic E-state index is -0.952. The molecule has 3 aromatic rings. The third-order valence-corrected chi connectivity index (χ3v) is 5.16. The first-order valence-corrected chi connectivity index (χ1v) is 9.06. The lowest BCUT2D eigenvalue weighted by atomic mass is 9.91. The van der Waals surface area contributed by atoms with Gasteiger partial charge in [-0.1, -0.05) is 19.1 Å². The molecule has 2 N–H and O–H groups in total. The highest BCUT2D eigenvalue weighted by atomic mass is 16.4. The van der Waals surface area contributed by atoms with Crippen LogP contribution in [0.3, 0.4) is 0 Å². The van der Waals surface area contributed by atoms with Crippen molar-refractivity contribution >= 4 is 17.0 Å².